The Morgan fingerprint density at radius 3 is 2.29 bits per heavy atom. The maximum Gasteiger partial charge on any atom is 0.0400 e. The van der Waals surface area contributed by atoms with E-state index in [0.29, 0.717) is 0 Å². The molecule has 21 heavy (non-hydrogen) atoms. The van der Waals surface area contributed by atoms with E-state index >= 15 is 0 Å². The molecule has 2 rings (SSSR count). The molecule has 1 atom stereocenters. The van der Waals surface area contributed by atoms with E-state index in [0.717, 1.165) is 29.8 Å². The van der Waals surface area contributed by atoms with Crippen molar-refractivity contribution in [2.45, 2.75) is 25.9 Å². The smallest absolute Gasteiger partial charge is 0.0400 e. The van der Waals surface area contributed by atoms with Crippen molar-refractivity contribution in [3.8, 4) is 0 Å². The average Bonchev–Trinajstić information content (AvgIpc) is 2.46. The molecule has 0 spiro atoms. The highest BCUT2D eigenvalue weighted by Gasteiger charge is 2.05. The van der Waals surface area contributed by atoms with Gasteiger partial charge in [0.05, 0.1) is 0 Å². The van der Waals surface area contributed by atoms with Crippen molar-refractivity contribution in [3.05, 3.63) is 77.9 Å². The highest BCUT2D eigenvalue weighted by molar-refractivity contribution is 5.85. The van der Waals surface area contributed by atoms with Crippen molar-refractivity contribution in [1.29, 1.82) is 0 Å². The number of hydrogen-bond acceptors (Lipinski definition) is 2. The molecule has 3 N–H and O–H groups in total. The third-order valence-electron chi connectivity index (χ3n) is 3.25. The fourth-order valence-corrected chi connectivity index (χ4v) is 2.14. The van der Waals surface area contributed by atoms with Gasteiger partial charge < -0.3 is 11.1 Å². The molecule has 0 saturated heterocycles. The zero-order chi connectivity index (χ0) is 14.4. The topological polar surface area (TPSA) is 38.0 Å². The molecular weight excluding hydrogens is 280 g/mol. The summed E-state index contributed by atoms with van der Waals surface area (Å²) >= 11 is 0. The summed E-state index contributed by atoms with van der Waals surface area (Å²) in [6, 6.07) is 18.7. The zero-order valence-electron chi connectivity index (χ0n) is 12.4. The summed E-state index contributed by atoms with van der Waals surface area (Å²) in [6.07, 6.45) is 0.830. The molecule has 0 aliphatic rings. The number of halogens is 1. The third-order valence-corrected chi connectivity index (χ3v) is 3.25. The fourth-order valence-electron chi connectivity index (χ4n) is 2.14. The highest BCUT2D eigenvalue weighted by Crippen LogP contribution is 2.20. The van der Waals surface area contributed by atoms with Gasteiger partial charge in [-0.3, -0.25) is 0 Å². The molecule has 2 aromatic rings. The number of anilines is 1. The average molecular weight is 303 g/mol. The van der Waals surface area contributed by atoms with Crippen molar-refractivity contribution in [2.24, 2.45) is 5.73 Å². The minimum Gasteiger partial charge on any atom is -0.381 e. The second-order valence-electron chi connectivity index (χ2n) is 5.23. The molecule has 2 nitrogen and oxygen atoms in total. The van der Waals surface area contributed by atoms with E-state index in [1.165, 1.54) is 5.56 Å². The Morgan fingerprint density at radius 1 is 1.10 bits per heavy atom. The van der Waals surface area contributed by atoms with E-state index in [4.69, 9.17) is 5.73 Å². The summed E-state index contributed by atoms with van der Waals surface area (Å²) in [5.74, 6) is 0. The Hall–Kier alpha value is -1.77. The second-order valence-corrected chi connectivity index (χ2v) is 5.23. The van der Waals surface area contributed by atoms with Crippen molar-refractivity contribution >= 4 is 18.1 Å². The predicted octanol–water partition coefficient (Wildman–Crippen LogP) is 4.69. The summed E-state index contributed by atoms with van der Waals surface area (Å²) in [5.41, 5.74) is 10.8. The lowest BCUT2D eigenvalue weighted by atomic mass is 10.0. The molecule has 0 radical (unpaired) electrons. The summed E-state index contributed by atoms with van der Waals surface area (Å²) < 4.78 is 0. The van der Waals surface area contributed by atoms with Gasteiger partial charge in [0, 0.05) is 18.3 Å². The van der Waals surface area contributed by atoms with Crippen molar-refractivity contribution in [2.75, 3.05) is 5.32 Å². The molecule has 3 heteroatoms. The summed E-state index contributed by atoms with van der Waals surface area (Å²) in [6.45, 7) is 6.75. The van der Waals surface area contributed by atoms with Gasteiger partial charge in [0.1, 0.15) is 0 Å². The Bertz CT molecular complexity index is 549. The van der Waals surface area contributed by atoms with Gasteiger partial charge in [-0.2, -0.15) is 0 Å². The van der Waals surface area contributed by atoms with Crippen LogP contribution in [-0.4, -0.2) is 0 Å². The van der Waals surface area contributed by atoms with Gasteiger partial charge >= 0.3 is 0 Å². The van der Waals surface area contributed by atoms with Crippen LogP contribution < -0.4 is 11.1 Å². The van der Waals surface area contributed by atoms with E-state index in [-0.39, 0.29) is 18.4 Å². The van der Waals surface area contributed by atoms with E-state index in [1.54, 1.807) is 0 Å². The van der Waals surface area contributed by atoms with Gasteiger partial charge in [-0.25, -0.2) is 0 Å². The van der Waals surface area contributed by atoms with Gasteiger partial charge in [0.25, 0.3) is 0 Å². The number of hydrogen-bond donors (Lipinski definition) is 2. The van der Waals surface area contributed by atoms with Crippen LogP contribution in [0.3, 0.4) is 0 Å². The van der Waals surface area contributed by atoms with Gasteiger partial charge in [-0.1, -0.05) is 48.0 Å². The first kappa shape index (κ1) is 17.3. The Morgan fingerprint density at radius 2 is 1.71 bits per heavy atom. The van der Waals surface area contributed by atoms with Gasteiger partial charge in [-0.05, 0) is 36.6 Å². The number of benzene rings is 2. The fraction of sp³-hybridized carbons (Fsp3) is 0.222. The predicted molar refractivity (Wildman–Crippen MR) is 93.8 cm³/mol. The van der Waals surface area contributed by atoms with Crippen LogP contribution in [0.5, 0.6) is 0 Å². The molecule has 0 heterocycles. The van der Waals surface area contributed by atoms with Crippen molar-refractivity contribution in [3.63, 3.8) is 0 Å². The van der Waals surface area contributed by atoms with Crippen LogP contribution in [0.1, 0.15) is 30.5 Å². The molecular formula is C18H23ClN2. The Kier molecular flexibility index (Phi) is 7.00. The SMILES string of the molecule is C=C(C)C[C@H](N)c1ccc(NCc2ccccc2)cc1.Cl. The van der Waals surface area contributed by atoms with Crippen molar-refractivity contribution in [1.82, 2.24) is 0 Å². The highest BCUT2D eigenvalue weighted by atomic mass is 35.5. The van der Waals surface area contributed by atoms with Crippen LogP contribution in [0.2, 0.25) is 0 Å². The minimum absolute atomic E-state index is 0. The van der Waals surface area contributed by atoms with Gasteiger partial charge in [0.2, 0.25) is 0 Å². The number of nitrogens with one attached hydrogen (secondary N) is 1. The Balaban J connectivity index is 0.00000220. The van der Waals surface area contributed by atoms with Crippen LogP contribution in [0.4, 0.5) is 5.69 Å². The van der Waals surface area contributed by atoms with Crippen LogP contribution in [-0.2, 0) is 6.54 Å². The summed E-state index contributed by atoms with van der Waals surface area (Å²) in [4.78, 5) is 0. The first-order valence-electron chi connectivity index (χ1n) is 6.93. The molecule has 0 aliphatic heterocycles. The van der Waals surface area contributed by atoms with E-state index in [1.807, 2.05) is 13.0 Å². The van der Waals surface area contributed by atoms with Crippen LogP contribution >= 0.6 is 12.4 Å². The third kappa shape index (κ3) is 5.62. The largest absolute Gasteiger partial charge is 0.381 e. The van der Waals surface area contributed by atoms with E-state index in [9.17, 15) is 0 Å². The molecule has 0 saturated carbocycles. The quantitative estimate of drug-likeness (QED) is 0.760. The molecule has 0 amide bonds. The Labute approximate surface area is 133 Å². The molecule has 0 fully saturated rings. The molecule has 0 unspecified atom stereocenters. The van der Waals surface area contributed by atoms with Gasteiger partial charge in [-0.15, -0.1) is 19.0 Å². The number of rotatable bonds is 6. The monoisotopic (exact) mass is 302 g/mol. The van der Waals surface area contributed by atoms with Crippen molar-refractivity contribution < 1.29 is 0 Å². The first-order chi connectivity index (χ1) is 9.65. The molecule has 0 aliphatic carbocycles. The second kappa shape index (κ2) is 8.50. The maximum absolute atomic E-state index is 6.13. The summed E-state index contributed by atoms with van der Waals surface area (Å²) in [7, 11) is 0. The van der Waals surface area contributed by atoms with Crippen LogP contribution in [0, 0.1) is 0 Å². The normalized spacial score (nSPS) is 11.3. The molecule has 2 aromatic carbocycles. The maximum atomic E-state index is 6.13. The lowest BCUT2D eigenvalue weighted by molar-refractivity contribution is 0.717. The van der Waals surface area contributed by atoms with E-state index < -0.39 is 0 Å². The summed E-state index contributed by atoms with van der Waals surface area (Å²) in [5, 5.41) is 3.41. The van der Waals surface area contributed by atoms with Crippen LogP contribution in [0.15, 0.2) is 66.7 Å². The zero-order valence-corrected chi connectivity index (χ0v) is 13.2. The van der Waals surface area contributed by atoms with E-state index in [2.05, 4.69) is 60.4 Å². The van der Waals surface area contributed by atoms with Crippen LogP contribution in [0.25, 0.3) is 0 Å². The molecule has 0 bridgehead atoms. The standard InChI is InChI=1S/C18H22N2.ClH/c1-14(2)12-18(19)16-8-10-17(11-9-16)20-13-15-6-4-3-5-7-15;/h3-11,18,20H,1,12-13,19H2,2H3;1H/t18-;/m0./s1. The van der Waals surface area contributed by atoms with Gasteiger partial charge in [0.15, 0.2) is 0 Å². The number of nitrogens with two attached hydrogens (primary N) is 1. The minimum atomic E-state index is 0. The lowest BCUT2D eigenvalue weighted by Gasteiger charge is -2.13. The lowest BCUT2D eigenvalue weighted by Crippen LogP contribution is -2.10. The first-order valence-corrected chi connectivity index (χ1v) is 6.93. The molecule has 0 aromatic heterocycles. The molecule has 112 valence electrons.